The maximum Gasteiger partial charge on any atom is 0.233 e. The van der Waals surface area contributed by atoms with Crippen LogP contribution in [0.3, 0.4) is 0 Å². The van der Waals surface area contributed by atoms with Crippen molar-refractivity contribution in [2.45, 2.75) is 38.0 Å². The Bertz CT molecular complexity index is 1050. The van der Waals surface area contributed by atoms with E-state index in [1.807, 2.05) is 35.0 Å². The summed E-state index contributed by atoms with van der Waals surface area (Å²) in [7, 11) is 2.18. The molecule has 7 heteroatoms. The third-order valence-corrected chi connectivity index (χ3v) is 5.97. The fourth-order valence-electron chi connectivity index (χ4n) is 4.39. The van der Waals surface area contributed by atoms with Gasteiger partial charge < -0.3 is 14.4 Å². The zero-order chi connectivity index (χ0) is 20.0. The molecule has 0 spiro atoms. The molecule has 2 aromatic heterocycles. The van der Waals surface area contributed by atoms with E-state index >= 15 is 0 Å². The standard InChI is InChI=1S/C22H23N5O2/c1-14-9-16-10-17(12-20(14)26(16)2)29-22-6-5-19(24-25-22)18-4-3-15(11-21(18)28)27-8-7-23-13-27/h3-9,11,13,16-17,20,28H,10,12H2,1-2H3/t16?,17-,20?/m0/s1. The summed E-state index contributed by atoms with van der Waals surface area (Å²) in [5.41, 5.74) is 3.50. The third-order valence-electron chi connectivity index (χ3n) is 5.97. The highest BCUT2D eigenvalue weighted by atomic mass is 16.5. The molecular weight excluding hydrogens is 366 g/mol. The lowest BCUT2D eigenvalue weighted by atomic mass is 9.98. The van der Waals surface area contributed by atoms with Gasteiger partial charge in [-0.25, -0.2) is 4.98 Å². The van der Waals surface area contributed by atoms with Gasteiger partial charge in [0, 0.05) is 55.0 Å². The lowest BCUT2D eigenvalue weighted by Gasteiger charge is -2.36. The van der Waals surface area contributed by atoms with Crippen molar-refractivity contribution >= 4 is 0 Å². The molecule has 0 aliphatic carbocycles. The Balaban J connectivity index is 1.30. The normalized spacial score (nSPS) is 23.8. The number of phenols is 1. The second-order valence-corrected chi connectivity index (χ2v) is 7.80. The van der Waals surface area contributed by atoms with Crippen LogP contribution in [-0.4, -0.2) is 55.0 Å². The quantitative estimate of drug-likeness (QED) is 0.691. The van der Waals surface area contributed by atoms with Crippen LogP contribution in [0.15, 0.2) is 60.7 Å². The van der Waals surface area contributed by atoms with Crippen LogP contribution in [0.2, 0.25) is 0 Å². The van der Waals surface area contributed by atoms with E-state index in [1.165, 1.54) is 5.57 Å². The van der Waals surface area contributed by atoms with E-state index < -0.39 is 0 Å². The summed E-state index contributed by atoms with van der Waals surface area (Å²) in [4.78, 5) is 6.44. The molecule has 4 heterocycles. The predicted octanol–water partition coefficient (Wildman–Crippen LogP) is 3.21. The Morgan fingerprint density at radius 3 is 2.72 bits per heavy atom. The summed E-state index contributed by atoms with van der Waals surface area (Å²) >= 11 is 0. The zero-order valence-electron chi connectivity index (χ0n) is 16.4. The van der Waals surface area contributed by atoms with E-state index in [0.717, 1.165) is 18.5 Å². The number of piperidine rings is 1. The highest BCUT2D eigenvalue weighted by Crippen LogP contribution is 2.35. The van der Waals surface area contributed by atoms with Crippen LogP contribution in [-0.2, 0) is 0 Å². The Morgan fingerprint density at radius 1 is 1.14 bits per heavy atom. The number of likely N-dealkylation sites (N-methyl/N-ethyl adjacent to an activating group) is 1. The molecule has 2 unspecified atom stereocenters. The molecule has 0 saturated carbocycles. The molecule has 3 aromatic rings. The number of aromatic hydroxyl groups is 1. The molecule has 148 valence electrons. The van der Waals surface area contributed by atoms with Crippen LogP contribution in [0.4, 0.5) is 0 Å². The summed E-state index contributed by atoms with van der Waals surface area (Å²) in [6, 6.07) is 9.99. The van der Waals surface area contributed by atoms with Crippen molar-refractivity contribution in [2.75, 3.05) is 7.05 Å². The molecule has 1 aromatic carbocycles. The van der Waals surface area contributed by atoms with Gasteiger partial charge in [0.15, 0.2) is 0 Å². The molecule has 0 amide bonds. The second-order valence-electron chi connectivity index (χ2n) is 7.80. The van der Waals surface area contributed by atoms with E-state index in [1.54, 1.807) is 18.6 Å². The number of fused-ring (bicyclic) bond motifs is 2. The fraction of sp³-hybridized carbons (Fsp3) is 0.318. The van der Waals surface area contributed by atoms with Crippen LogP contribution in [0.5, 0.6) is 11.6 Å². The minimum atomic E-state index is 0.137. The topological polar surface area (TPSA) is 76.3 Å². The average molecular weight is 389 g/mol. The van der Waals surface area contributed by atoms with Gasteiger partial charge >= 0.3 is 0 Å². The van der Waals surface area contributed by atoms with Crippen molar-refractivity contribution < 1.29 is 9.84 Å². The van der Waals surface area contributed by atoms with Crippen molar-refractivity contribution in [1.29, 1.82) is 0 Å². The Labute approximate surface area is 169 Å². The molecule has 1 fully saturated rings. The van der Waals surface area contributed by atoms with E-state index in [2.05, 4.69) is 40.1 Å². The maximum absolute atomic E-state index is 10.4. The minimum absolute atomic E-state index is 0.137. The van der Waals surface area contributed by atoms with Gasteiger partial charge in [-0.2, -0.15) is 0 Å². The van der Waals surface area contributed by atoms with Gasteiger partial charge in [-0.3, -0.25) is 4.90 Å². The molecule has 29 heavy (non-hydrogen) atoms. The number of imidazole rings is 1. The minimum Gasteiger partial charge on any atom is -0.507 e. The molecule has 3 atom stereocenters. The number of nitrogens with zero attached hydrogens (tertiary/aromatic N) is 5. The van der Waals surface area contributed by atoms with Gasteiger partial charge in [0.1, 0.15) is 11.9 Å². The number of benzene rings is 1. The van der Waals surface area contributed by atoms with Crippen molar-refractivity contribution in [2.24, 2.45) is 0 Å². The number of rotatable bonds is 4. The van der Waals surface area contributed by atoms with Gasteiger partial charge in [-0.05, 0) is 32.2 Å². The molecule has 1 N–H and O–H groups in total. The van der Waals surface area contributed by atoms with E-state index in [9.17, 15) is 5.11 Å². The van der Waals surface area contributed by atoms with Gasteiger partial charge in [0.25, 0.3) is 0 Å². The molecule has 2 aliphatic heterocycles. The Morgan fingerprint density at radius 2 is 2.03 bits per heavy atom. The fourth-order valence-corrected chi connectivity index (χ4v) is 4.39. The first-order valence-electron chi connectivity index (χ1n) is 9.81. The lowest BCUT2D eigenvalue weighted by Crippen LogP contribution is -2.45. The second kappa shape index (κ2) is 7.00. The molecule has 1 saturated heterocycles. The summed E-state index contributed by atoms with van der Waals surface area (Å²) < 4.78 is 7.95. The van der Waals surface area contributed by atoms with Gasteiger partial charge in [-0.15, -0.1) is 10.2 Å². The van der Waals surface area contributed by atoms with Crippen molar-refractivity contribution in [1.82, 2.24) is 24.6 Å². The van der Waals surface area contributed by atoms with Gasteiger partial charge in [-0.1, -0.05) is 11.6 Å². The van der Waals surface area contributed by atoms with E-state index in [0.29, 0.717) is 29.2 Å². The number of phenolic OH excluding ortho intramolecular Hbond substituents is 1. The van der Waals surface area contributed by atoms with Crippen LogP contribution in [0.1, 0.15) is 19.8 Å². The number of ether oxygens (including phenoxy) is 1. The monoisotopic (exact) mass is 389 g/mol. The van der Waals surface area contributed by atoms with E-state index in [4.69, 9.17) is 4.74 Å². The van der Waals surface area contributed by atoms with Crippen LogP contribution in [0.25, 0.3) is 16.9 Å². The first-order chi connectivity index (χ1) is 14.1. The SMILES string of the molecule is CC1=CC2C[C@H](Oc3ccc(-c4ccc(-n5ccnc5)cc4O)nn3)CC1N2C. The van der Waals surface area contributed by atoms with Crippen LogP contribution < -0.4 is 4.74 Å². The highest BCUT2D eigenvalue weighted by molar-refractivity contribution is 5.68. The van der Waals surface area contributed by atoms with Gasteiger partial charge in [0.05, 0.1) is 17.7 Å². The summed E-state index contributed by atoms with van der Waals surface area (Å²) in [6.07, 6.45) is 9.62. The summed E-state index contributed by atoms with van der Waals surface area (Å²) in [6.45, 7) is 2.20. The molecule has 2 aliphatic rings. The number of hydrogen-bond acceptors (Lipinski definition) is 6. The molecule has 5 rings (SSSR count). The Kier molecular flexibility index (Phi) is 4.32. The lowest BCUT2D eigenvalue weighted by molar-refractivity contribution is 0.0690. The first-order valence-corrected chi connectivity index (χ1v) is 9.81. The number of hydrogen-bond donors (Lipinski definition) is 1. The highest BCUT2D eigenvalue weighted by Gasteiger charge is 2.38. The van der Waals surface area contributed by atoms with Crippen LogP contribution in [0, 0.1) is 0 Å². The first kappa shape index (κ1) is 17.9. The van der Waals surface area contributed by atoms with Crippen LogP contribution >= 0.6 is 0 Å². The third kappa shape index (κ3) is 3.27. The smallest absolute Gasteiger partial charge is 0.233 e. The molecular formula is C22H23N5O2. The molecule has 7 nitrogen and oxygen atoms in total. The average Bonchev–Trinajstić information content (AvgIpc) is 3.29. The Hall–Kier alpha value is -3.19. The van der Waals surface area contributed by atoms with Gasteiger partial charge in [0.2, 0.25) is 5.88 Å². The largest absolute Gasteiger partial charge is 0.507 e. The zero-order valence-corrected chi connectivity index (χ0v) is 16.4. The predicted molar refractivity (Wildman–Crippen MR) is 109 cm³/mol. The maximum atomic E-state index is 10.4. The van der Waals surface area contributed by atoms with Crippen molar-refractivity contribution in [3.63, 3.8) is 0 Å². The summed E-state index contributed by atoms with van der Waals surface area (Å²) in [5.74, 6) is 0.669. The number of aromatic nitrogens is 4. The molecule has 0 radical (unpaired) electrons. The molecule has 2 bridgehead atoms. The van der Waals surface area contributed by atoms with Crippen molar-refractivity contribution in [3.05, 3.63) is 60.7 Å². The van der Waals surface area contributed by atoms with Crippen molar-refractivity contribution in [3.8, 4) is 28.6 Å². The summed E-state index contributed by atoms with van der Waals surface area (Å²) in [5, 5.41) is 19.0. The van der Waals surface area contributed by atoms with E-state index in [-0.39, 0.29) is 11.9 Å².